The van der Waals surface area contributed by atoms with Crippen molar-refractivity contribution in [3.8, 4) is 5.75 Å². The van der Waals surface area contributed by atoms with E-state index in [9.17, 15) is 8.78 Å². The Kier molecular flexibility index (Phi) is 8.46. The van der Waals surface area contributed by atoms with Crippen molar-refractivity contribution < 1.29 is 27.4 Å². The maximum Gasteiger partial charge on any atom is 0.387 e. The average Bonchev–Trinajstić information content (AvgIpc) is 2.85. The molecule has 0 aromatic heterocycles. The summed E-state index contributed by atoms with van der Waals surface area (Å²) in [6.45, 7) is 0.732. The largest absolute Gasteiger partial charge is 0.435 e. The number of ether oxygens (including phenoxy) is 3. The summed E-state index contributed by atoms with van der Waals surface area (Å²) in [6.07, 6.45) is 5.46. The summed E-state index contributed by atoms with van der Waals surface area (Å²) < 4.78 is 56.0. The van der Waals surface area contributed by atoms with Crippen molar-refractivity contribution in [2.24, 2.45) is 5.92 Å². The van der Waals surface area contributed by atoms with Gasteiger partial charge in [0.05, 0.1) is 13.2 Å². The lowest BCUT2D eigenvalue weighted by atomic mass is 9.98. The van der Waals surface area contributed by atoms with Crippen molar-refractivity contribution in [2.75, 3.05) is 13.2 Å². The molecule has 1 heterocycles. The van der Waals surface area contributed by atoms with Gasteiger partial charge in [-0.25, -0.2) is 4.39 Å². The molecule has 4 rings (SSSR count). The van der Waals surface area contributed by atoms with E-state index < -0.39 is 12.9 Å². The predicted octanol–water partition coefficient (Wildman–Crippen LogP) is 7.61. The summed E-state index contributed by atoms with van der Waals surface area (Å²) in [4.78, 5) is 0. The zero-order valence-electron chi connectivity index (χ0n) is 19.4. The van der Waals surface area contributed by atoms with Crippen LogP contribution in [0.4, 0.5) is 13.2 Å². The van der Waals surface area contributed by atoms with Crippen LogP contribution in [0.15, 0.2) is 54.6 Å². The zero-order valence-corrected chi connectivity index (χ0v) is 19.4. The number of unbranched alkanes of at least 4 members (excludes halogenated alkanes) is 2. The number of alkyl halides is 2. The van der Waals surface area contributed by atoms with Crippen LogP contribution in [0.25, 0.3) is 10.8 Å². The Balaban J connectivity index is 1.37. The normalized spacial score (nSPS) is 18.5. The molecule has 0 saturated carbocycles. The Bertz CT molecular complexity index is 1060. The Labute approximate surface area is 198 Å². The SMILES string of the molecule is CCCCCC1COC(c2ccc3c(F)c(CCc4ccc(OC(F)F)cc4)ccc3c2)OC1. The first kappa shape index (κ1) is 24.6. The minimum absolute atomic E-state index is 0.115. The second-order valence-corrected chi connectivity index (χ2v) is 8.90. The van der Waals surface area contributed by atoms with Gasteiger partial charge in [-0.1, -0.05) is 62.6 Å². The Morgan fingerprint density at radius 3 is 2.41 bits per heavy atom. The van der Waals surface area contributed by atoms with Crippen LogP contribution in [0.5, 0.6) is 5.75 Å². The van der Waals surface area contributed by atoms with Gasteiger partial charge in [0.1, 0.15) is 11.6 Å². The van der Waals surface area contributed by atoms with E-state index in [1.165, 1.54) is 31.4 Å². The highest BCUT2D eigenvalue weighted by Crippen LogP contribution is 2.31. The maximum absolute atomic E-state index is 15.2. The van der Waals surface area contributed by atoms with Gasteiger partial charge in [-0.3, -0.25) is 0 Å². The molecule has 0 bridgehead atoms. The van der Waals surface area contributed by atoms with E-state index in [-0.39, 0.29) is 11.6 Å². The zero-order chi connectivity index (χ0) is 23.9. The minimum Gasteiger partial charge on any atom is -0.435 e. The predicted molar refractivity (Wildman–Crippen MR) is 127 cm³/mol. The molecular formula is C28H31F3O3. The second kappa shape index (κ2) is 11.7. The van der Waals surface area contributed by atoms with Crippen LogP contribution in [0, 0.1) is 11.7 Å². The molecule has 34 heavy (non-hydrogen) atoms. The molecule has 3 aromatic carbocycles. The molecule has 0 amide bonds. The number of halogens is 3. The van der Waals surface area contributed by atoms with Crippen LogP contribution >= 0.6 is 0 Å². The molecule has 1 fully saturated rings. The smallest absolute Gasteiger partial charge is 0.387 e. The quantitative estimate of drug-likeness (QED) is 0.284. The first-order chi connectivity index (χ1) is 16.5. The van der Waals surface area contributed by atoms with Gasteiger partial charge >= 0.3 is 6.61 Å². The Morgan fingerprint density at radius 2 is 1.71 bits per heavy atom. The fourth-order valence-electron chi connectivity index (χ4n) is 4.40. The van der Waals surface area contributed by atoms with E-state index >= 15 is 4.39 Å². The number of fused-ring (bicyclic) bond motifs is 1. The monoisotopic (exact) mass is 472 g/mol. The maximum atomic E-state index is 15.2. The second-order valence-electron chi connectivity index (χ2n) is 8.90. The van der Waals surface area contributed by atoms with Crippen molar-refractivity contribution in [2.45, 2.75) is 58.4 Å². The van der Waals surface area contributed by atoms with Gasteiger partial charge in [-0.15, -0.1) is 0 Å². The van der Waals surface area contributed by atoms with Gasteiger partial charge in [0, 0.05) is 16.9 Å². The summed E-state index contributed by atoms with van der Waals surface area (Å²) in [5, 5.41) is 1.37. The lowest BCUT2D eigenvalue weighted by molar-refractivity contribution is -0.206. The number of hydrogen-bond acceptors (Lipinski definition) is 3. The third-order valence-electron chi connectivity index (χ3n) is 6.34. The van der Waals surface area contributed by atoms with Gasteiger partial charge in [0.25, 0.3) is 0 Å². The molecule has 182 valence electrons. The molecule has 0 unspecified atom stereocenters. The molecule has 1 aliphatic heterocycles. The van der Waals surface area contributed by atoms with Crippen LogP contribution in [0.3, 0.4) is 0 Å². The summed E-state index contributed by atoms with van der Waals surface area (Å²) in [6, 6.07) is 15.8. The third-order valence-corrected chi connectivity index (χ3v) is 6.34. The molecule has 1 aliphatic rings. The summed E-state index contributed by atoms with van der Waals surface area (Å²) in [7, 11) is 0. The summed E-state index contributed by atoms with van der Waals surface area (Å²) >= 11 is 0. The highest BCUT2D eigenvalue weighted by Gasteiger charge is 2.23. The van der Waals surface area contributed by atoms with Crippen molar-refractivity contribution >= 4 is 10.8 Å². The molecule has 1 saturated heterocycles. The third kappa shape index (κ3) is 6.30. The molecule has 0 radical (unpaired) electrons. The lowest BCUT2D eigenvalue weighted by Crippen LogP contribution is -2.27. The molecule has 0 N–H and O–H groups in total. The van der Waals surface area contributed by atoms with E-state index in [1.807, 2.05) is 24.3 Å². The standard InChI is InChI=1S/C28H31F3O3/c1-2-3-4-5-20-17-32-27(33-18-20)23-12-15-25-22(16-23)11-10-21(26(25)29)9-6-19-7-13-24(14-8-19)34-28(30)31/h7-8,10-16,20,27-28H,2-6,9,17-18H2,1H3. The van der Waals surface area contributed by atoms with Gasteiger partial charge in [0.2, 0.25) is 0 Å². The van der Waals surface area contributed by atoms with E-state index in [1.54, 1.807) is 18.2 Å². The van der Waals surface area contributed by atoms with Gasteiger partial charge in [-0.2, -0.15) is 8.78 Å². The Morgan fingerprint density at radius 1 is 0.941 bits per heavy atom. The lowest BCUT2D eigenvalue weighted by Gasteiger charge is -2.29. The molecule has 0 aliphatic carbocycles. The fourth-order valence-corrected chi connectivity index (χ4v) is 4.40. The Hall–Kier alpha value is -2.57. The number of rotatable bonds is 10. The molecule has 0 spiro atoms. The summed E-state index contributed by atoms with van der Waals surface area (Å²) in [5.41, 5.74) is 2.45. The van der Waals surface area contributed by atoms with Gasteiger partial charge < -0.3 is 14.2 Å². The molecule has 0 atom stereocenters. The highest BCUT2D eigenvalue weighted by atomic mass is 19.3. The van der Waals surface area contributed by atoms with Crippen LogP contribution < -0.4 is 4.74 Å². The van der Waals surface area contributed by atoms with E-state index in [4.69, 9.17) is 9.47 Å². The number of benzene rings is 3. The van der Waals surface area contributed by atoms with Gasteiger partial charge in [-0.05, 0) is 54.0 Å². The van der Waals surface area contributed by atoms with Crippen LogP contribution in [-0.2, 0) is 22.3 Å². The van der Waals surface area contributed by atoms with Crippen LogP contribution in [0.2, 0.25) is 0 Å². The van der Waals surface area contributed by atoms with Crippen LogP contribution in [0.1, 0.15) is 55.6 Å². The fraction of sp³-hybridized carbons (Fsp3) is 0.429. The van der Waals surface area contributed by atoms with Crippen molar-refractivity contribution in [3.05, 3.63) is 77.1 Å². The topological polar surface area (TPSA) is 27.7 Å². The minimum atomic E-state index is -2.85. The first-order valence-corrected chi connectivity index (χ1v) is 12.0. The molecule has 3 aromatic rings. The average molecular weight is 473 g/mol. The van der Waals surface area contributed by atoms with Crippen molar-refractivity contribution in [1.82, 2.24) is 0 Å². The number of hydrogen-bond donors (Lipinski definition) is 0. The van der Waals surface area contributed by atoms with Crippen molar-refractivity contribution in [3.63, 3.8) is 0 Å². The summed E-state index contributed by atoms with van der Waals surface area (Å²) in [5.74, 6) is 0.323. The van der Waals surface area contributed by atoms with E-state index in [0.717, 1.165) is 22.9 Å². The van der Waals surface area contributed by atoms with Crippen LogP contribution in [-0.4, -0.2) is 19.8 Å². The van der Waals surface area contributed by atoms with E-state index in [2.05, 4.69) is 11.7 Å². The first-order valence-electron chi connectivity index (χ1n) is 12.0. The highest BCUT2D eigenvalue weighted by molar-refractivity contribution is 5.84. The number of aryl methyl sites for hydroxylation is 2. The van der Waals surface area contributed by atoms with Gasteiger partial charge in [0.15, 0.2) is 6.29 Å². The molecule has 6 heteroatoms. The van der Waals surface area contributed by atoms with Crippen molar-refractivity contribution in [1.29, 1.82) is 0 Å². The molecule has 3 nitrogen and oxygen atoms in total. The van der Waals surface area contributed by atoms with E-state index in [0.29, 0.717) is 42.9 Å². The molecular weight excluding hydrogens is 441 g/mol.